The van der Waals surface area contributed by atoms with Gasteiger partial charge in [0.1, 0.15) is 0 Å². The number of carbonyl (C=O) groups is 1. The number of aromatic nitrogens is 2. The van der Waals surface area contributed by atoms with Crippen molar-refractivity contribution >= 4 is 22.6 Å². The molecule has 1 N–H and O–H groups in total. The molecule has 5 nitrogen and oxygen atoms in total. The first-order valence-electron chi connectivity index (χ1n) is 7.38. The minimum absolute atomic E-state index is 0.259. The van der Waals surface area contributed by atoms with Gasteiger partial charge >= 0.3 is 5.97 Å². The molecular formula is C16H17N3O2. The molecule has 5 heteroatoms. The fourth-order valence-electron chi connectivity index (χ4n) is 4.07. The molecule has 0 unspecified atom stereocenters. The zero-order valence-electron chi connectivity index (χ0n) is 11.7. The van der Waals surface area contributed by atoms with E-state index in [-0.39, 0.29) is 5.92 Å². The van der Waals surface area contributed by atoms with Crippen LogP contribution in [0.1, 0.15) is 19.3 Å². The van der Waals surface area contributed by atoms with E-state index in [9.17, 15) is 9.90 Å². The highest BCUT2D eigenvalue weighted by Gasteiger charge is 2.55. The van der Waals surface area contributed by atoms with E-state index >= 15 is 0 Å². The Hall–Kier alpha value is -2.17. The molecule has 0 radical (unpaired) electrons. The van der Waals surface area contributed by atoms with Crippen LogP contribution in [-0.4, -0.2) is 34.1 Å². The molecule has 108 valence electrons. The molecule has 1 aliphatic heterocycles. The monoisotopic (exact) mass is 283 g/mol. The van der Waals surface area contributed by atoms with E-state index in [4.69, 9.17) is 0 Å². The van der Waals surface area contributed by atoms with Gasteiger partial charge in [-0.25, -0.2) is 0 Å². The molecule has 0 bridgehead atoms. The molecule has 2 atom stereocenters. The summed E-state index contributed by atoms with van der Waals surface area (Å²) in [6.45, 7) is 1.42. The van der Waals surface area contributed by atoms with Crippen molar-refractivity contribution in [2.75, 3.05) is 18.0 Å². The predicted molar refractivity (Wildman–Crippen MR) is 79.2 cm³/mol. The Balaban J connectivity index is 1.76. The molecule has 2 aromatic rings. The second-order valence-electron chi connectivity index (χ2n) is 6.15. The summed E-state index contributed by atoms with van der Waals surface area (Å²) in [5.74, 6) is -0.376. The molecule has 0 spiro atoms. The number of fused-ring (bicyclic) bond motifs is 2. The second-order valence-corrected chi connectivity index (χ2v) is 6.15. The van der Waals surface area contributed by atoms with Crippen LogP contribution in [0.2, 0.25) is 0 Å². The van der Waals surface area contributed by atoms with E-state index in [0.29, 0.717) is 6.54 Å². The standard InChI is InChI=1S/C16H17N3O2/c20-15(21)16-5-1-2-11(16)9-19(10-16)14-4-7-18-13-3-6-17-8-12(13)14/h3-4,6-8,11H,1-2,5,9-10H2,(H,20,21)/t11-,16+/m0/s1. The average molecular weight is 283 g/mol. The number of hydrogen-bond donors (Lipinski definition) is 1. The van der Waals surface area contributed by atoms with Crippen molar-refractivity contribution in [3.63, 3.8) is 0 Å². The number of aliphatic carboxylic acids is 1. The summed E-state index contributed by atoms with van der Waals surface area (Å²) in [4.78, 5) is 22.5. The van der Waals surface area contributed by atoms with Crippen LogP contribution in [0.5, 0.6) is 0 Å². The van der Waals surface area contributed by atoms with Crippen LogP contribution in [0.15, 0.2) is 30.7 Å². The van der Waals surface area contributed by atoms with Crippen molar-refractivity contribution in [1.29, 1.82) is 0 Å². The van der Waals surface area contributed by atoms with Crippen LogP contribution in [0.25, 0.3) is 10.9 Å². The summed E-state index contributed by atoms with van der Waals surface area (Å²) in [6.07, 6.45) is 8.19. The first kappa shape index (κ1) is 12.6. The number of rotatable bonds is 2. The Labute approximate surface area is 122 Å². The summed E-state index contributed by atoms with van der Waals surface area (Å²) in [5.41, 5.74) is 1.41. The van der Waals surface area contributed by atoms with Gasteiger partial charge in [-0.3, -0.25) is 14.8 Å². The van der Waals surface area contributed by atoms with Crippen LogP contribution in [0.3, 0.4) is 0 Å². The fraction of sp³-hybridized carbons (Fsp3) is 0.438. The SMILES string of the molecule is O=C(O)[C@@]12CCC[C@H]1CN(c1ccnc3ccncc13)C2. The highest BCUT2D eigenvalue weighted by molar-refractivity contribution is 5.91. The third kappa shape index (κ3) is 1.73. The number of hydrogen-bond acceptors (Lipinski definition) is 4. The Kier molecular flexibility index (Phi) is 2.64. The number of carboxylic acids is 1. The van der Waals surface area contributed by atoms with Crippen LogP contribution >= 0.6 is 0 Å². The van der Waals surface area contributed by atoms with Gasteiger partial charge in [-0.1, -0.05) is 6.42 Å². The van der Waals surface area contributed by atoms with Gasteiger partial charge in [0.2, 0.25) is 0 Å². The molecule has 2 aromatic heterocycles. The Morgan fingerprint density at radius 2 is 2.29 bits per heavy atom. The van der Waals surface area contributed by atoms with Gasteiger partial charge in [-0.15, -0.1) is 0 Å². The van der Waals surface area contributed by atoms with Crippen LogP contribution in [0.4, 0.5) is 5.69 Å². The zero-order valence-corrected chi connectivity index (χ0v) is 11.7. The maximum absolute atomic E-state index is 11.8. The molecule has 21 heavy (non-hydrogen) atoms. The number of pyridine rings is 2. The first-order chi connectivity index (χ1) is 10.2. The maximum atomic E-state index is 11.8. The molecule has 0 aromatic carbocycles. The summed E-state index contributed by atoms with van der Waals surface area (Å²) >= 11 is 0. The van der Waals surface area contributed by atoms with Gasteiger partial charge in [-0.2, -0.15) is 0 Å². The molecule has 2 fully saturated rings. The zero-order chi connectivity index (χ0) is 14.4. The van der Waals surface area contributed by atoms with Gasteiger partial charge in [-0.05, 0) is 30.9 Å². The lowest BCUT2D eigenvalue weighted by atomic mass is 9.81. The molecule has 0 amide bonds. The van der Waals surface area contributed by atoms with Crippen LogP contribution in [-0.2, 0) is 4.79 Å². The highest BCUT2D eigenvalue weighted by Crippen LogP contribution is 2.50. The molecule has 1 saturated heterocycles. The molecule has 1 aliphatic carbocycles. The highest BCUT2D eigenvalue weighted by atomic mass is 16.4. The van der Waals surface area contributed by atoms with Crippen molar-refractivity contribution in [2.24, 2.45) is 11.3 Å². The number of nitrogens with zero attached hydrogens (tertiary/aromatic N) is 3. The fourth-order valence-corrected chi connectivity index (χ4v) is 4.07. The van der Waals surface area contributed by atoms with Crippen molar-refractivity contribution < 1.29 is 9.90 Å². The minimum atomic E-state index is -0.635. The summed E-state index contributed by atoms with van der Waals surface area (Å²) in [6, 6.07) is 3.86. The van der Waals surface area contributed by atoms with E-state index in [2.05, 4.69) is 14.9 Å². The van der Waals surface area contributed by atoms with Crippen LogP contribution < -0.4 is 4.90 Å². The molecule has 3 heterocycles. The lowest BCUT2D eigenvalue weighted by molar-refractivity contribution is -0.149. The van der Waals surface area contributed by atoms with Crippen molar-refractivity contribution in [2.45, 2.75) is 19.3 Å². The smallest absolute Gasteiger partial charge is 0.311 e. The summed E-state index contributed by atoms with van der Waals surface area (Å²) in [5, 5.41) is 10.7. The summed E-state index contributed by atoms with van der Waals surface area (Å²) < 4.78 is 0. The lowest BCUT2D eigenvalue weighted by Crippen LogP contribution is -2.35. The predicted octanol–water partition coefficient (Wildman–Crippen LogP) is 2.32. The normalized spacial score (nSPS) is 28.0. The van der Waals surface area contributed by atoms with Crippen LogP contribution in [0, 0.1) is 11.3 Å². The quantitative estimate of drug-likeness (QED) is 0.916. The third-order valence-corrected chi connectivity index (χ3v) is 5.16. The van der Waals surface area contributed by atoms with Gasteiger partial charge in [0, 0.05) is 42.8 Å². The molecule has 4 rings (SSSR count). The van der Waals surface area contributed by atoms with Crippen molar-refractivity contribution in [1.82, 2.24) is 9.97 Å². The maximum Gasteiger partial charge on any atom is 0.311 e. The van der Waals surface area contributed by atoms with E-state index in [1.54, 1.807) is 12.4 Å². The third-order valence-electron chi connectivity index (χ3n) is 5.16. The number of carboxylic acid groups (broad SMARTS) is 1. The minimum Gasteiger partial charge on any atom is -0.481 e. The summed E-state index contributed by atoms with van der Waals surface area (Å²) in [7, 11) is 0. The van der Waals surface area contributed by atoms with Crippen molar-refractivity contribution in [3.05, 3.63) is 30.7 Å². The Bertz CT molecular complexity index is 712. The number of anilines is 1. The van der Waals surface area contributed by atoms with E-state index in [1.807, 2.05) is 18.3 Å². The van der Waals surface area contributed by atoms with E-state index < -0.39 is 11.4 Å². The van der Waals surface area contributed by atoms with E-state index in [0.717, 1.165) is 42.4 Å². The molecule has 2 aliphatic rings. The molecule has 1 saturated carbocycles. The average Bonchev–Trinajstić information content (AvgIpc) is 3.04. The lowest BCUT2D eigenvalue weighted by Gasteiger charge is -2.24. The van der Waals surface area contributed by atoms with E-state index in [1.165, 1.54) is 0 Å². The van der Waals surface area contributed by atoms with Gasteiger partial charge < -0.3 is 10.0 Å². The second kappa shape index (κ2) is 4.41. The van der Waals surface area contributed by atoms with Gasteiger partial charge in [0.15, 0.2) is 0 Å². The Morgan fingerprint density at radius 1 is 1.38 bits per heavy atom. The Morgan fingerprint density at radius 3 is 3.10 bits per heavy atom. The van der Waals surface area contributed by atoms with Crippen molar-refractivity contribution in [3.8, 4) is 0 Å². The molecular weight excluding hydrogens is 266 g/mol. The largest absolute Gasteiger partial charge is 0.481 e. The van der Waals surface area contributed by atoms with Gasteiger partial charge in [0.25, 0.3) is 0 Å². The first-order valence-corrected chi connectivity index (χ1v) is 7.38. The topological polar surface area (TPSA) is 66.3 Å². The van der Waals surface area contributed by atoms with Gasteiger partial charge in [0.05, 0.1) is 10.9 Å².